The number of hydrogen-bond donors (Lipinski definition) is 2. The molecule has 0 fully saturated rings. The van der Waals surface area contributed by atoms with Gasteiger partial charge in [-0.15, -0.1) is 0 Å². The third kappa shape index (κ3) is 1.66. The number of benzene rings is 1. The van der Waals surface area contributed by atoms with Crippen molar-refractivity contribution in [3.05, 3.63) is 24.3 Å². The maximum Gasteiger partial charge on any atom is 0.213 e. The molecule has 1 aromatic heterocycles. The third-order valence-electron chi connectivity index (χ3n) is 2.26. The molecule has 4 nitrogen and oxygen atoms in total. The molecule has 2 N–H and O–H groups in total. The second-order valence-electron chi connectivity index (χ2n) is 3.17. The van der Waals surface area contributed by atoms with Crippen LogP contribution in [-0.2, 0) is 0 Å². The number of rotatable bonds is 2. The molecule has 78 valence electrons. The van der Waals surface area contributed by atoms with Gasteiger partial charge in [0, 0.05) is 18.5 Å². The lowest BCUT2D eigenvalue weighted by molar-refractivity contribution is 0.399. The Balaban J connectivity index is 2.66. The van der Waals surface area contributed by atoms with Gasteiger partial charge in [0.2, 0.25) is 5.88 Å². The van der Waals surface area contributed by atoms with E-state index in [0.29, 0.717) is 11.6 Å². The van der Waals surface area contributed by atoms with E-state index >= 15 is 0 Å². The number of ether oxygens (including phenoxy) is 1. The lowest BCUT2D eigenvalue weighted by Crippen LogP contribution is -1.91. The largest absolute Gasteiger partial charge is 0.506 e. The number of phenols is 1. The van der Waals surface area contributed by atoms with Crippen LogP contribution in [0.25, 0.3) is 10.9 Å². The summed E-state index contributed by atoms with van der Waals surface area (Å²) in [5, 5.41) is 13.4. The van der Waals surface area contributed by atoms with E-state index in [1.54, 1.807) is 32.4 Å². The normalized spacial score (nSPS) is 10.3. The number of aromatic nitrogens is 1. The third-order valence-corrected chi connectivity index (χ3v) is 2.26. The molecule has 0 spiro atoms. The Bertz CT molecular complexity index is 497. The number of fused-ring (bicyclic) bond motifs is 1. The van der Waals surface area contributed by atoms with Crippen LogP contribution in [0, 0.1) is 0 Å². The van der Waals surface area contributed by atoms with Gasteiger partial charge in [0.1, 0.15) is 5.75 Å². The minimum Gasteiger partial charge on any atom is -0.506 e. The summed E-state index contributed by atoms with van der Waals surface area (Å²) in [6.07, 6.45) is 0. The van der Waals surface area contributed by atoms with Gasteiger partial charge in [-0.1, -0.05) is 0 Å². The van der Waals surface area contributed by atoms with Gasteiger partial charge in [0.05, 0.1) is 18.3 Å². The topological polar surface area (TPSA) is 54.4 Å². The van der Waals surface area contributed by atoms with Gasteiger partial charge in [-0.25, -0.2) is 4.98 Å². The Morgan fingerprint density at radius 1 is 1.33 bits per heavy atom. The minimum atomic E-state index is 0.219. The van der Waals surface area contributed by atoms with Crippen molar-refractivity contribution in [2.24, 2.45) is 0 Å². The van der Waals surface area contributed by atoms with E-state index in [-0.39, 0.29) is 5.75 Å². The minimum absolute atomic E-state index is 0.219. The van der Waals surface area contributed by atoms with E-state index in [4.69, 9.17) is 4.74 Å². The zero-order valence-corrected chi connectivity index (χ0v) is 8.61. The predicted octanol–water partition coefficient (Wildman–Crippen LogP) is 1.99. The molecule has 0 amide bonds. The van der Waals surface area contributed by atoms with Gasteiger partial charge >= 0.3 is 0 Å². The molecule has 0 radical (unpaired) electrons. The number of pyridine rings is 1. The van der Waals surface area contributed by atoms with Crippen molar-refractivity contribution >= 4 is 16.6 Å². The number of aromatic hydroxyl groups is 1. The molecule has 1 heterocycles. The van der Waals surface area contributed by atoms with Crippen LogP contribution < -0.4 is 10.1 Å². The molecule has 0 aliphatic carbocycles. The van der Waals surface area contributed by atoms with Crippen LogP contribution in [0.4, 0.5) is 5.69 Å². The Hall–Kier alpha value is -1.97. The molecular weight excluding hydrogens is 192 g/mol. The summed E-state index contributed by atoms with van der Waals surface area (Å²) in [6.45, 7) is 0. The number of methoxy groups -OCH3 is 1. The van der Waals surface area contributed by atoms with Crippen LogP contribution in [0.2, 0.25) is 0 Å². The summed E-state index contributed by atoms with van der Waals surface area (Å²) in [7, 11) is 3.33. The van der Waals surface area contributed by atoms with Gasteiger partial charge in [0.25, 0.3) is 0 Å². The van der Waals surface area contributed by atoms with Crippen molar-refractivity contribution < 1.29 is 9.84 Å². The summed E-state index contributed by atoms with van der Waals surface area (Å²) < 4.78 is 5.03. The molecule has 0 saturated carbocycles. The molecule has 0 aliphatic heterocycles. The first-order valence-electron chi connectivity index (χ1n) is 4.60. The zero-order chi connectivity index (χ0) is 10.8. The van der Waals surface area contributed by atoms with Crippen molar-refractivity contribution in [1.29, 1.82) is 0 Å². The molecular formula is C11H12N2O2. The average molecular weight is 204 g/mol. The van der Waals surface area contributed by atoms with E-state index < -0.39 is 0 Å². The van der Waals surface area contributed by atoms with E-state index in [0.717, 1.165) is 10.9 Å². The Kier molecular flexibility index (Phi) is 2.33. The van der Waals surface area contributed by atoms with Crippen LogP contribution in [-0.4, -0.2) is 24.2 Å². The van der Waals surface area contributed by atoms with Crippen molar-refractivity contribution in [3.63, 3.8) is 0 Å². The SMILES string of the molecule is CNc1cc2nc(OC)ccc2cc1O. The first-order valence-corrected chi connectivity index (χ1v) is 4.60. The maximum atomic E-state index is 9.61. The van der Waals surface area contributed by atoms with Gasteiger partial charge in [0.15, 0.2) is 0 Å². The van der Waals surface area contributed by atoms with E-state index in [1.165, 1.54) is 0 Å². The van der Waals surface area contributed by atoms with Crippen molar-refractivity contribution in [2.75, 3.05) is 19.5 Å². The van der Waals surface area contributed by atoms with Crippen LogP contribution in [0.3, 0.4) is 0 Å². The summed E-state index contributed by atoms with van der Waals surface area (Å²) in [5.41, 5.74) is 1.44. The van der Waals surface area contributed by atoms with Crippen LogP contribution >= 0.6 is 0 Å². The summed E-state index contributed by atoms with van der Waals surface area (Å²) in [6, 6.07) is 7.09. The molecule has 0 aliphatic rings. The first kappa shape index (κ1) is 9.58. The van der Waals surface area contributed by atoms with E-state index in [2.05, 4.69) is 10.3 Å². The highest BCUT2D eigenvalue weighted by molar-refractivity contribution is 5.85. The highest BCUT2D eigenvalue weighted by atomic mass is 16.5. The number of phenolic OH excluding ortho intramolecular Hbond substituents is 1. The molecule has 1 aromatic carbocycles. The number of anilines is 1. The monoisotopic (exact) mass is 204 g/mol. The van der Waals surface area contributed by atoms with Crippen molar-refractivity contribution in [2.45, 2.75) is 0 Å². The standard InChI is InChI=1S/C11H12N2O2/c1-12-9-6-8-7(5-10(9)14)3-4-11(13-8)15-2/h3-6,12,14H,1-2H3. The van der Waals surface area contributed by atoms with Crippen LogP contribution in [0.15, 0.2) is 24.3 Å². The van der Waals surface area contributed by atoms with Gasteiger partial charge in [-0.2, -0.15) is 0 Å². The second kappa shape index (κ2) is 3.65. The quantitative estimate of drug-likeness (QED) is 0.734. The molecule has 2 rings (SSSR count). The molecule has 0 atom stereocenters. The Morgan fingerprint density at radius 2 is 2.13 bits per heavy atom. The van der Waals surface area contributed by atoms with Gasteiger partial charge in [-0.3, -0.25) is 0 Å². The molecule has 2 aromatic rings. The number of hydrogen-bond acceptors (Lipinski definition) is 4. The lowest BCUT2D eigenvalue weighted by atomic mass is 10.2. The predicted molar refractivity (Wildman–Crippen MR) is 59.5 cm³/mol. The average Bonchev–Trinajstić information content (AvgIpc) is 2.27. The first-order chi connectivity index (χ1) is 7.24. The number of nitrogens with one attached hydrogen (secondary N) is 1. The molecule has 0 unspecified atom stereocenters. The summed E-state index contributed by atoms with van der Waals surface area (Å²) in [4.78, 5) is 4.27. The number of nitrogens with zero attached hydrogens (tertiary/aromatic N) is 1. The summed E-state index contributed by atoms with van der Waals surface area (Å²) in [5.74, 6) is 0.784. The van der Waals surface area contributed by atoms with Gasteiger partial charge in [-0.05, 0) is 18.2 Å². The Morgan fingerprint density at radius 3 is 2.80 bits per heavy atom. The molecule has 0 saturated heterocycles. The van der Waals surface area contributed by atoms with Crippen LogP contribution in [0.1, 0.15) is 0 Å². The summed E-state index contributed by atoms with van der Waals surface area (Å²) >= 11 is 0. The fourth-order valence-electron chi connectivity index (χ4n) is 1.45. The van der Waals surface area contributed by atoms with Gasteiger partial charge < -0.3 is 15.2 Å². The Labute approximate surface area is 87.5 Å². The molecule has 0 bridgehead atoms. The zero-order valence-electron chi connectivity index (χ0n) is 8.61. The second-order valence-corrected chi connectivity index (χ2v) is 3.17. The maximum absolute atomic E-state index is 9.61. The molecule has 4 heteroatoms. The fourth-order valence-corrected chi connectivity index (χ4v) is 1.45. The molecule has 15 heavy (non-hydrogen) atoms. The van der Waals surface area contributed by atoms with Crippen molar-refractivity contribution in [1.82, 2.24) is 4.98 Å². The van der Waals surface area contributed by atoms with E-state index in [1.807, 2.05) is 6.07 Å². The highest BCUT2D eigenvalue weighted by Gasteiger charge is 2.04. The lowest BCUT2D eigenvalue weighted by Gasteiger charge is -2.06. The van der Waals surface area contributed by atoms with E-state index in [9.17, 15) is 5.11 Å². The van der Waals surface area contributed by atoms with Crippen LogP contribution in [0.5, 0.6) is 11.6 Å². The van der Waals surface area contributed by atoms with Crippen molar-refractivity contribution in [3.8, 4) is 11.6 Å². The fraction of sp³-hybridized carbons (Fsp3) is 0.182. The highest BCUT2D eigenvalue weighted by Crippen LogP contribution is 2.28. The smallest absolute Gasteiger partial charge is 0.213 e.